The maximum atomic E-state index is 12.8. The molecule has 0 unspecified atom stereocenters. The number of benzene rings is 2. The molecule has 0 aliphatic carbocycles. The highest BCUT2D eigenvalue weighted by atomic mass is 35.5. The first kappa shape index (κ1) is 25.6. The molecule has 2 amide bonds. The summed E-state index contributed by atoms with van der Waals surface area (Å²) in [5.74, 6) is 0.654. The number of rotatable bonds is 8. The van der Waals surface area contributed by atoms with Crippen LogP contribution in [0.3, 0.4) is 0 Å². The Morgan fingerprint density at radius 2 is 1.76 bits per heavy atom. The van der Waals surface area contributed by atoms with E-state index in [1.54, 1.807) is 54.3 Å². The number of nitrogens with one attached hydrogen (secondary N) is 1. The molecule has 0 aromatic heterocycles. The molecule has 34 heavy (non-hydrogen) atoms. The van der Waals surface area contributed by atoms with Crippen molar-refractivity contribution in [1.29, 1.82) is 0 Å². The minimum absolute atomic E-state index is 0.0848. The van der Waals surface area contributed by atoms with Gasteiger partial charge in [-0.25, -0.2) is 4.79 Å². The number of piperidine rings is 1. The van der Waals surface area contributed by atoms with E-state index >= 15 is 0 Å². The molecule has 0 radical (unpaired) electrons. The largest absolute Gasteiger partial charge is 0.513 e. The van der Waals surface area contributed by atoms with E-state index in [0.717, 1.165) is 12.8 Å². The van der Waals surface area contributed by atoms with Crippen LogP contribution in [0, 0.1) is 5.92 Å². The van der Waals surface area contributed by atoms with Gasteiger partial charge in [0.1, 0.15) is 11.5 Å². The SMILES string of the molecule is CCOC(=O)Oc1ccc(C(=O)N2CCC(CNC(=O)COc3ccc(Cl)cc3Cl)CC2)cc1. The lowest BCUT2D eigenvalue weighted by atomic mass is 9.96. The van der Waals surface area contributed by atoms with Crippen LogP contribution in [0.5, 0.6) is 11.5 Å². The molecule has 10 heteroatoms. The number of hydrogen-bond acceptors (Lipinski definition) is 6. The van der Waals surface area contributed by atoms with Crippen LogP contribution >= 0.6 is 23.2 Å². The second-order valence-electron chi connectivity index (χ2n) is 7.71. The van der Waals surface area contributed by atoms with E-state index in [-0.39, 0.29) is 30.9 Å². The summed E-state index contributed by atoms with van der Waals surface area (Å²) < 4.78 is 15.2. The molecule has 0 bridgehead atoms. The summed E-state index contributed by atoms with van der Waals surface area (Å²) >= 11 is 11.9. The van der Waals surface area contributed by atoms with E-state index in [0.29, 0.717) is 46.7 Å². The van der Waals surface area contributed by atoms with Gasteiger partial charge in [0.05, 0.1) is 11.6 Å². The average molecular weight is 509 g/mol. The van der Waals surface area contributed by atoms with Gasteiger partial charge in [-0.3, -0.25) is 9.59 Å². The summed E-state index contributed by atoms with van der Waals surface area (Å²) in [6, 6.07) is 11.2. The lowest BCUT2D eigenvalue weighted by Gasteiger charge is -2.32. The summed E-state index contributed by atoms with van der Waals surface area (Å²) in [4.78, 5) is 38.0. The Kier molecular flexibility index (Phi) is 9.42. The molecule has 182 valence electrons. The van der Waals surface area contributed by atoms with Crippen molar-refractivity contribution in [3.8, 4) is 11.5 Å². The third-order valence-electron chi connectivity index (χ3n) is 5.31. The number of halogens is 2. The summed E-state index contributed by atoms with van der Waals surface area (Å²) in [7, 11) is 0. The number of nitrogens with zero attached hydrogens (tertiary/aromatic N) is 1. The zero-order chi connectivity index (χ0) is 24.5. The fourth-order valence-corrected chi connectivity index (χ4v) is 3.94. The van der Waals surface area contributed by atoms with Crippen LogP contribution in [0.25, 0.3) is 0 Å². The third kappa shape index (κ3) is 7.53. The molecule has 1 N–H and O–H groups in total. The zero-order valence-electron chi connectivity index (χ0n) is 18.7. The second-order valence-corrected chi connectivity index (χ2v) is 8.56. The van der Waals surface area contributed by atoms with Gasteiger partial charge in [-0.15, -0.1) is 0 Å². The van der Waals surface area contributed by atoms with Gasteiger partial charge in [0.2, 0.25) is 0 Å². The lowest BCUT2D eigenvalue weighted by Crippen LogP contribution is -2.42. The Balaban J connectivity index is 1.38. The van der Waals surface area contributed by atoms with E-state index < -0.39 is 6.16 Å². The number of carbonyl (C=O) groups is 3. The van der Waals surface area contributed by atoms with Crippen LogP contribution in [-0.4, -0.2) is 55.7 Å². The van der Waals surface area contributed by atoms with Gasteiger partial charge in [-0.05, 0) is 68.1 Å². The molecule has 8 nitrogen and oxygen atoms in total. The molecule has 1 fully saturated rings. The number of likely N-dealkylation sites (tertiary alicyclic amines) is 1. The Bertz CT molecular complexity index is 1010. The molecule has 0 atom stereocenters. The normalized spacial score (nSPS) is 13.8. The van der Waals surface area contributed by atoms with Crippen LogP contribution in [0.15, 0.2) is 42.5 Å². The number of carbonyl (C=O) groups excluding carboxylic acids is 3. The summed E-state index contributed by atoms with van der Waals surface area (Å²) in [5, 5.41) is 3.71. The van der Waals surface area contributed by atoms with Crippen LogP contribution in [0.4, 0.5) is 4.79 Å². The molecule has 2 aromatic rings. The van der Waals surface area contributed by atoms with Crippen LogP contribution < -0.4 is 14.8 Å². The Labute approximate surface area is 208 Å². The average Bonchev–Trinajstić information content (AvgIpc) is 2.83. The molecule has 0 spiro atoms. The molecule has 2 aromatic carbocycles. The minimum atomic E-state index is -0.781. The van der Waals surface area contributed by atoms with Gasteiger partial charge >= 0.3 is 6.16 Å². The summed E-state index contributed by atoms with van der Waals surface area (Å²) in [6.45, 7) is 3.47. The molecule has 1 aliphatic rings. The fraction of sp³-hybridized carbons (Fsp3) is 0.375. The monoisotopic (exact) mass is 508 g/mol. The highest BCUT2D eigenvalue weighted by Crippen LogP contribution is 2.27. The quantitative estimate of drug-likeness (QED) is 0.414. The van der Waals surface area contributed by atoms with Gasteiger partial charge < -0.3 is 24.4 Å². The lowest BCUT2D eigenvalue weighted by molar-refractivity contribution is -0.123. The van der Waals surface area contributed by atoms with Gasteiger partial charge in [-0.2, -0.15) is 0 Å². The van der Waals surface area contributed by atoms with Gasteiger partial charge in [0.15, 0.2) is 6.61 Å². The van der Waals surface area contributed by atoms with E-state index in [1.165, 1.54) is 0 Å². The number of ether oxygens (including phenoxy) is 3. The van der Waals surface area contributed by atoms with Crippen LogP contribution in [0.1, 0.15) is 30.1 Å². The van der Waals surface area contributed by atoms with Gasteiger partial charge in [-0.1, -0.05) is 23.2 Å². The number of amides is 2. The van der Waals surface area contributed by atoms with E-state index in [4.69, 9.17) is 37.4 Å². The van der Waals surface area contributed by atoms with Crippen LogP contribution in [0.2, 0.25) is 10.0 Å². The third-order valence-corrected chi connectivity index (χ3v) is 5.84. The van der Waals surface area contributed by atoms with Crippen molar-refractivity contribution in [1.82, 2.24) is 10.2 Å². The number of hydrogen-bond donors (Lipinski definition) is 1. The van der Waals surface area contributed by atoms with E-state index in [2.05, 4.69) is 5.32 Å². The molecule has 1 aliphatic heterocycles. The highest BCUT2D eigenvalue weighted by molar-refractivity contribution is 6.35. The van der Waals surface area contributed by atoms with E-state index in [1.807, 2.05) is 0 Å². The maximum Gasteiger partial charge on any atom is 0.513 e. The molecular formula is C24H26Cl2N2O6. The van der Waals surface area contributed by atoms with Gasteiger partial charge in [0.25, 0.3) is 11.8 Å². The molecule has 0 saturated carbocycles. The van der Waals surface area contributed by atoms with Crippen LogP contribution in [-0.2, 0) is 9.53 Å². The van der Waals surface area contributed by atoms with Crippen molar-refractivity contribution in [2.45, 2.75) is 19.8 Å². The Morgan fingerprint density at radius 1 is 1.06 bits per heavy atom. The first-order valence-corrected chi connectivity index (χ1v) is 11.7. The smallest absolute Gasteiger partial charge is 0.482 e. The minimum Gasteiger partial charge on any atom is -0.482 e. The molecular weight excluding hydrogens is 483 g/mol. The fourth-order valence-electron chi connectivity index (χ4n) is 3.48. The summed E-state index contributed by atoms with van der Waals surface area (Å²) in [5.41, 5.74) is 0.515. The van der Waals surface area contributed by atoms with Crippen molar-refractivity contribution in [2.24, 2.45) is 5.92 Å². The van der Waals surface area contributed by atoms with Crippen molar-refractivity contribution in [3.63, 3.8) is 0 Å². The predicted octanol–water partition coefficient (Wildman–Crippen LogP) is 4.58. The second kappa shape index (κ2) is 12.5. The topological polar surface area (TPSA) is 94.2 Å². The standard InChI is InChI=1S/C24H26Cl2N2O6/c1-2-32-24(31)34-19-6-3-17(4-7-19)23(30)28-11-9-16(10-12-28)14-27-22(29)15-33-21-8-5-18(25)13-20(21)26/h3-8,13,16H,2,9-12,14-15H2,1H3,(H,27,29). The zero-order valence-corrected chi connectivity index (χ0v) is 20.2. The van der Waals surface area contributed by atoms with Crippen molar-refractivity contribution in [3.05, 3.63) is 58.1 Å². The van der Waals surface area contributed by atoms with Gasteiger partial charge in [0, 0.05) is 30.2 Å². The first-order chi connectivity index (χ1) is 16.4. The van der Waals surface area contributed by atoms with Crippen molar-refractivity contribution in [2.75, 3.05) is 32.8 Å². The molecule has 3 rings (SSSR count). The molecule has 1 heterocycles. The highest BCUT2D eigenvalue weighted by Gasteiger charge is 2.24. The predicted molar refractivity (Wildman–Crippen MR) is 128 cm³/mol. The first-order valence-electron chi connectivity index (χ1n) is 10.9. The van der Waals surface area contributed by atoms with Crippen molar-refractivity contribution < 1.29 is 28.6 Å². The summed E-state index contributed by atoms with van der Waals surface area (Å²) in [6.07, 6.45) is 0.774. The van der Waals surface area contributed by atoms with Crippen molar-refractivity contribution >= 4 is 41.2 Å². The maximum absolute atomic E-state index is 12.8. The Morgan fingerprint density at radius 3 is 2.41 bits per heavy atom. The Hall–Kier alpha value is -2.97. The van der Waals surface area contributed by atoms with E-state index in [9.17, 15) is 14.4 Å². The molecule has 1 saturated heterocycles.